The smallest absolute Gasteiger partial charge is 0.339 e. The van der Waals surface area contributed by atoms with Crippen molar-refractivity contribution in [2.24, 2.45) is 0 Å². The molecule has 0 fully saturated rings. The van der Waals surface area contributed by atoms with Gasteiger partial charge in [-0.05, 0) is 30.3 Å². The van der Waals surface area contributed by atoms with Crippen molar-refractivity contribution in [3.8, 4) is 11.5 Å². The van der Waals surface area contributed by atoms with E-state index < -0.39 is 48.0 Å². The SMILES string of the molecule is CC(=O)Oc1ccc(S(=O)(=O)Oc2c([N+](=O)[O-])cccc2[N+](=O)[O-])cc1. The summed E-state index contributed by atoms with van der Waals surface area (Å²) in [6.07, 6.45) is 0. The third-order valence-electron chi connectivity index (χ3n) is 2.93. The third-order valence-corrected chi connectivity index (χ3v) is 4.17. The molecule has 0 bridgehead atoms. The number of nitro groups is 2. The summed E-state index contributed by atoms with van der Waals surface area (Å²) in [6, 6.07) is 7.15. The Balaban J connectivity index is 2.45. The van der Waals surface area contributed by atoms with Gasteiger partial charge in [-0.2, -0.15) is 8.42 Å². The first-order valence-electron chi connectivity index (χ1n) is 6.76. The van der Waals surface area contributed by atoms with E-state index in [0.717, 1.165) is 49.4 Å². The van der Waals surface area contributed by atoms with Crippen LogP contribution in [0.15, 0.2) is 47.4 Å². The summed E-state index contributed by atoms with van der Waals surface area (Å²) in [6.45, 7) is 1.15. The lowest BCUT2D eigenvalue weighted by atomic mass is 10.2. The van der Waals surface area contributed by atoms with Crippen LogP contribution in [-0.2, 0) is 14.9 Å². The highest BCUT2D eigenvalue weighted by molar-refractivity contribution is 7.87. The fourth-order valence-electron chi connectivity index (χ4n) is 1.88. The molecule has 2 rings (SSSR count). The highest BCUT2D eigenvalue weighted by Gasteiger charge is 2.31. The number of carbonyl (C=O) groups is 1. The summed E-state index contributed by atoms with van der Waals surface area (Å²) in [5, 5.41) is 22.1. The molecule has 26 heavy (non-hydrogen) atoms. The third kappa shape index (κ3) is 4.10. The predicted octanol–water partition coefficient (Wildman–Crippen LogP) is 2.20. The summed E-state index contributed by atoms with van der Waals surface area (Å²) >= 11 is 0. The Kier molecular flexibility index (Phi) is 5.16. The number of ether oxygens (including phenoxy) is 1. The highest BCUT2D eigenvalue weighted by atomic mass is 32.2. The van der Waals surface area contributed by atoms with Gasteiger partial charge in [0.1, 0.15) is 10.6 Å². The number of carbonyl (C=O) groups excluding carboxylic acids is 1. The molecular weight excluding hydrogens is 372 g/mol. The van der Waals surface area contributed by atoms with Crippen LogP contribution in [-0.4, -0.2) is 24.2 Å². The molecule has 2 aromatic rings. The second-order valence-electron chi connectivity index (χ2n) is 4.74. The first kappa shape index (κ1) is 18.8. The number of benzene rings is 2. The molecule has 0 aromatic heterocycles. The van der Waals surface area contributed by atoms with Gasteiger partial charge in [0.15, 0.2) is 0 Å². The second-order valence-corrected chi connectivity index (χ2v) is 6.29. The van der Waals surface area contributed by atoms with Gasteiger partial charge >= 0.3 is 27.5 Å². The molecule has 0 N–H and O–H groups in total. The molecule has 2 aromatic carbocycles. The number of esters is 1. The average Bonchev–Trinajstić information content (AvgIpc) is 2.54. The maximum atomic E-state index is 12.3. The van der Waals surface area contributed by atoms with Crippen LogP contribution in [0.4, 0.5) is 11.4 Å². The highest BCUT2D eigenvalue weighted by Crippen LogP contribution is 2.38. The number of nitrogens with zero attached hydrogens (tertiary/aromatic N) is 2. The van der Waals surface area contributed by atoms with E-state index in [1.54, 1.807) is 0 Å². The molecule has 0 spiro atoms. The van der Waals surface area contributed by atoms with E-state index in [1.165, 1.54) is 0 Å². The van der Waals surface area contributed by atoms with Crippen molar-refractivity contribution in [3.05, 3.63) is 62.7 Å². The Morgan fingerprint density at radius 2 is 1.46 bits per heavy atom. The van der Waals surface area contributed by atoms with Crippen molar-refractivity contribution in [2.75, 3.05) is 0 Å². The molecule has 0 aliphatic heterocycles. The summed E-state index contributed by atoms with van der Waals surface area (Å²) in [7, 11) is -4.62. The average molecular weight is 382 g/mol. The zero-order chi connectivity index (χ0) is 19.5. The lowest BCUT2D eigenvalue weighted by Gasteiger charge is -2.08. The van der Waals surface area contributed by atoms with Gasteiger partial charge in [0.2, 0.25) is 0 Å². The van der Waals surface area contributed by atoms with E-state index >= 15 is 0 Å². The standard InChI is InChI=1S/C14H10N2O9S/c1-9(17)24-10-5-7-11(8-6-10)26(22,23)25-14-12(15(18)19)3-2-4-13(14)16(20)21/h2-8H,1H3. The first-order chi connectivity index (χ1) is 12.1. The molecule has 0 saturated carbocycles. The van der Waals surface area contributed by atoms with E-state index in [1.807, 2.05) is 0 Å². The van der Waals surface area contributed by atoms with Crippen molar-refractivity contribution < 1.29 is 32.0 Å². The van der Waals surface area contributed by atoms with Crippen LogP contribution in [0.5, 0.6) is 11.5 Å². The van der Waals surface area contributed by atoms with Gasteiger partial charge in [-0.15, -0.1) is 0 Å². The maximum Gasteiger partial charge on any atom is 0.339 e. The predicted molar refractivity (Wildman–Crippen MR) is 85.3 cm³/mol. The number of para-hydroxylation sites is 1. The summed E-state index contributed by atoms with van der Waals surface area (Å²) in [4.78, 5) is 30.5. The molecule has 0 aliphatic carbocycles. The molecule has 0 amide bonds. The summed E-state index contributed by atoms with van der Waals surface area (Å²) < 4.78 is 34.0. The van der Waals surface area contributed by atoms with Crippen LogP contribution >= 0.6 is 0 Å². The Labute approximate surface area is 146 Å². The molecule has 0 atom stereocenters. The largest absolute Gasteiger partial charge is 0.427 e. The van der Waals surface area contributed by atoms with E-state index in [9.17, 15) is 33.4 Å². The fourth-order valence-corrected chi connectivity index (χ4v) is 2.84. The molecule has 136 valence electrons. The van der Waals surface area contributed by atoms with Gasteiger partial charge in [-0.25, -0.2) is 0 Å². The monoisotopic (exact) mass is 382 g/mol. The van der Waals surface area contributed by atoms with Crippen LogP contribution in [0.1, 0.15) is 6.92 Å². The molecule has 12 heteroatoms. The van der Waals surface area contributed by atoms with Crippen molar-refractivity contribution in [1.29, 1.82) is 0 Å². The Hall–Kier alpha value is -3.54. The van der Waals surface area contributed by atoms with E-state index in [-0.39, 0.29) is 5.75 Å². The van der Waals surface area contributed by atoms with Crippen molar-refractivity contribution in [1.82, 2.24) is 0 Å². The second kappa shape index (κ2) is 7.14. The van der Waals surface area contributed by atoms with Crippen molar-refractivity contribution >= 4 is 27.5 Å². The quantitative estimate of drug-likeness (QED) is 0.240. The first-order valence-corrected chi connectivity index (χ1v) is 8.17. The van der Waals surface area contributed by atoms with Gasteiger partial charge in [-0.1, -0.05) is 0 Å². The van der Waals surface area contributed by atoms with Crippen LogP contribution < -0.4 is 8.92 Å². The van der Waals surface area contributed by atoms with Gasteiger partial charge < -0.3 is 8.92 Å². The van der Waals surface area contributed by atoms with Crippen LogP contribution in [0.25, 0.3) is 0 Å². The number of hydrogen-bond acceptors (Lipinski definition) is 9. The Bertz CT molecular complexity index is 952. The lowest BCUT2D eigenvalue weighted by Crippen LogP contribution is -2.12. The van der Waals surface area contributed by atoms with E-state index in [4.69, 9.17) is 4.74 Å². The zero-order valence-corrected chi connectivity index (χ0v) is 13.8. The van der Waals surface area contributed by atoms with Crippen molar-refractivity contribution in [3.63, 3.8) is 0 Å². The maximum absolute atomic E-state index is 12.3. The van der Waals surface area contributed by atoms with Gasteiger partial charge in [0.25, 0.3) is 5.75 Å². The molecular formula is C14H10N2O9S. The lowest BCUT2D eigenvalue weighted by molar-refractivity contribution is -0.395. The molecule has 11 nitrogen and oxygen atoms in total. The van der Waals surface area contributed by atoms with Crippen LogP contribution in [0, 0.1) is 20.2 Å². The zero-order valence-electron chi connectivity index (χ0n) is 13.0. The van der Waals surface area contributed by atoms with Crippen LogP contribution in [0.3, 0.4) is 0 Å². The normalized spacial score (nSPS) is 10.8. The molecule has 0 heterocycles. The van der Waals surface area contributed by atoms with E-state index in [2.05, 4.69) is 4.18 Å². The van der Waals surface area contributed by atoms with Gasteiger partial charge in [0, 0.05) is 19.1 Å². The molecule has 0 aliphatic rings. The number of rotatable bonds is 6. The Morgan fingerprint density at radius 3 is 1.88 bits per heavy atom. The fraction of sp³-hybridized carbons (Fsp3) is 0.0714. The molecule has 0 saturated heterocycles. The van der Waals surface area contributed by atoms with Gasteiger partial charge in [-0.3, -0.25) is 25.0 Å². The minimum absolute atomic E-state index is 0.0631. The van der Waals surface area contributed by atoms with Gasteiger partial charge in [0.05, 0.1) is 9.85 Å². The minimum Gasteiger partial charge on any atom is -0.427 e. The summed E-state index contributed by atoms with van der Waals surface area (Å²) in [5.74, 6) is -1.56. The minimum atomic E-state index is -4.62. The number of nitro benzene ring substituents is 2. The van der Waals surface area contributed by atoms with Crippen molar-refractivity contribution in [2.45, 2.75) is 11.8 Å². The summed E-state index contributed by atoms with van der Waals surface area (Å²) in [5.41, 5.74) is -1.75. The Morgan fingerprint density at radius 1 is 0.962 bits per heavy atom. The topological polar surface area (TPSA) is 156 Å². The van der Waals surface area contributed by atoms with E-state index in [0.29, 0.717) is 0 Å². The molecule has 0 radical (unpaired) electrons. The molecule has 0 unspecified atom stereocenters. The van der Waals surface area contributed by atoms with Crippen LogP contribution in [0.2, 0.25) is 0 Å². The number of hydrogen-bond donors (Lipinski definition) is 0.